The fourth-order valence-corrected chi connectivity index (χ4v) is 2.96. The number of para-hydroxylation sites is 1. The molecular weight excluding hydrogens is 422 g/mol. The fraction of sp³-hybridized carbons (Fsp3) is 0.182. The van der Waals surface area contributed by atoms with Gasteiger partial charge >= 0.3 is 5.97 Å². The first-order chi connectivity index (χ1) is 14.8. The average molecular weight is 442 g/mol. The summed E-state index contributed by atoms with van der Waals surface area (Å²) in [5.41, 5.74) is 0.423. The molecule has 160 valence electrons. The van der Waals surface area contributed by atoms with E-state index in [1.165, 1.54) is 24.8 Å². The number of carbonyl (C=O) groups excluding carboxylic acids is 2. The molecule has 2 aromatic carbocycles. The Hall–Kier alpha value is -3.65. The van der Waals surface area contributed by atoms with Crippen LogP contribution in [-0.2, 0) is 9.53 Å². The van der Waals surface area contributed by atoms with E-state index in [-0.39, 0.29) is 0 Å². The number of aryl methyl sites for hydroxylation is 1. The molecule has 0 saturated heterocycles. The van der Waals surface area contributed by atoms with Gasteiger partial charge in [0.1, 0.15) is 5.75 Å². The second-order valence-corrected chi connectivity index (χ2v) is 7.03. The van der Waals surface area contributed by atoms with Gasteiger partial charge in [0, 0.05) is 17.4 Å². The van der Waals surface area contributed by atoms with Crippen molar-refractivity contribution in [1.82, 2.24) is 9.78 Å². The molecular formula is C22H20ClN3O5. The van der Waals surface area contributed by atoms with Crippen molar-refractivity contribution >= 4 is 29.2 Å². The van der Waals surface area contributed by atoms with Crippen LogP contribution >= 0.6 is 11.6 Å². The van der Waals surface area contributed by atoms with Crippen molar-refractivity contribution in [1.29, 1.82) is 0 Å². The van der Waals surface area contributed by atoms with Gasteiger partial charge in [0.05, 0.1) is 17.8 Å². The van der Waals surface area contributed by atoms with E-state index in [1.54, 1.807) is 55.5 Å². The lowest BCUT2D eigenvalue weighted by Crippen LogP contribution is -2.32. The van der Waals surface area contributed by atoms with Gasteiger partial charge in [-0.2, -0.15) is 5.10 Å². The average Bonchev–Trinajstić information content (AvgIpc) is 2.75. The van der Waals surface area contributed by atoms with Crippen molar-refractivity contribution < 1.29 is 19.1 Å². The lowest BCUT2D eigenvalue weighted by molar-refractivity contribution is -0.123. The van der Waals surface area contributed by atoms with Gasteiger partial charge in [0.15, 0.2) is 6.10 Å². The van der Waals surface area contributed by atoms with Crippen LogP contribution in [-0.4, -0.2) is 34.9 Å². The topological polar surface area (TPSA) is 99.5 Å². The van der Waals surface area contributed by atoms with Gasteiger partial charge in [-0.25, -0.2) is 9.48 Å². The Morgan fingerprint density at radius 3 is 2.45 bits per heavy atom. The first-order valence-electron chi connectivity index (χ1n) is 9.32. The molecule has 3 rings (SSSR count). The van der Waals surface area contributed by atoms with Crippen LogP contribution in [0.15, 0.2) is 59.4 Å². The molecule has 9 heteroatoms. The van der Waals surface area contributed by atoms with E-state index in [4.69, 9.17) is 21.1 Å². The van der Waals surface area contributed by atoms with E-state index in [0.717, 1.165) is 0 Å². The maximum Gasteiger partial charge on any atom is 0.363 e. The summed E-state index contributed by atoms with van der Waals surface area (Å²) in [5, 5.41) is 7.14. The van der Waals surface area contributed by atoms with E-state index in [9.17, 15) is 14.4 Å². The number of ether oxygens (including phenoxy) is 2. The molecule has 1 N–H and O–H groups in total. The van der Waals surface area contributed by atoms with Crippen LogP contribution in [0.5, 0.6) is 5.75 Å². The summed E-state index contributed by atoms with van der Waals surface area (Å²) in [6.45, 7) is 3.06. The molecule has 31 heavy (non-hydrogen) atoms. The molecule has 0 unspecified atom stereocenters. The van der Waals surface area contributed by atoms with Crippen molar-refractivity contribution in [3.8, 4) is 11.4 Å². The molecule has 1 aromatic heterocycles. The van der Waals surface area contributed by atoms with Gasteiger partial charge in [0.25, 0.3) is 5.91 Å². The number of nitrogens with one attached hydrogen (secondary N) is 1. The Balaban J connectivity index is 1.77. The van der Waals surface area contributed by atoms with Crippen molar-refractivity contribution in [3.05, 3.63) is 81.2 Å². The number of nitrogens with zero attached hydrogens (tertiary/aromatic N) is 2. The minimum absolute atomic E-state index is 0.397. The minimum atomic E-state index is -1.16. The highest BCUT2D eigenvalue weighted by Gasteiger charge is 2.23. The Labute approximate surface area is 183 Å². The van der Waals surface area contributed by atoms with Gasteiger partial charge < -0.3 is 14.8 Å². The number of hydrogen-bond acceptors (Lipinski definition) is 6. The van der Waals surface area contributed by atoms with Crippen molar-refractivity contribution in [2.45, 2.75) is 20.0 Å². The summed E-state index contributed by atoms with van der Waals surface area (Å²) in [4.78, 5) is 37.3. The van der Waals surface area contributed by atoms with Crippen LogP contribution in [0, 0.1) is 6.92 Å². The zero-order valence-electron chi connectivity index (χ0n) is 17.1. The van der Waals surface area contributed by atoms with Crippen LogP contribution < -0.4 is 15.5 Å². The molecule has 1 heterocycles. The molecule has 0 bridgehead atoms. The summed E-state index contributed by atoms with van der Waals surface area (Å²) in [7, 11) is 1.54. The molecule has 0 radical (unpaired) electrons. The first-order valence-corrected chi connectivity index (χ1v) is 9.69. The zero-order valence-corrected chi connectivity index (χ0v) is 17.8. The van der Waals surface area contributed by atoms with E-state index >= 15 is 0 Å². The quantitative estimate of drug-likeness (QED) is 0.588. The van der Waals surface area contributed by atoms with Crippen LogP contribution in [0.3, 0.4) is 0 Å². The van der Waals surface area contributed by atoms with Gasteiger partial charge in [-0.15, -0.1) is 0 Å². The van der Waals surface area contributed by atoms with Crippen molar-refractivity contribution in [2.24, 2.45) is 0 Å². The molecule has 8 nitrogen and oxygen atoms in total. The summed E-state index contributed by atoms with van der Waals surface area (Å²) in [5.74, 6) is -0.932. The summed E-state index contributed by atoms with van der Waals surface area (Å²) in [6, 6.07) is 14.8. The summed E-state index contributed by atoms with van der Waals surface area (Å²) in [6.07, 6.45) is -1.16. The molecule has 0 spiro atoms. The Bertz CT molecular complexity index is 1170. The van der Waals surface area contributed by atoms with Crippen LogP contribution in [0.25, 0.3) is 5.69 Å². The van der Waals surface area contributed by atoms with Crippen LogP contribution in [0.4, 0.5) is 5.69 Å². The van der Waals surface area contributed by atoms with E-state index < -0.39 is 29.1 Å². The Kier molecular flexibility index (Phi) is 6.71. The SMILES string of the molecule is COc1ccc(NC(=O)[C@@H](C)OC(=O)c2nn(-c3ccccc3Cl)c(C)cc2=O)cc1. The number of carbonyl (C=O) groups is 2. The number of halogens is 1. The number of hydrogen-bond donors (Lipinski definition) is 1. The van der Waals surface area contributed by atoms with Crippen molar-refractivity contribution in [2.75, 3.05) is 12.4 Å². The highest BCUT2D eigenvalue weighted by molar-refractivity contribution is 6.32. The summed E-state index contributed by atoms with van der Waals surface area (Å²) < 4.78 is 11.6. The van der Waals surface area contributed by atoms with Crippen LogP contribution in [0.1, 0.15) is 23.1 Å². The van der Waals surface area contributed by atoms with E-state index in [1.807, 2.05) is 0 Å². The number of aromatic nitrogens is 2. The Morgan fingerprint density at radius 1 is 1.13 bits per heavy atom. The lowest BCUT2D eigenvalue weighted by Gasteiger charge is -2.15. The molecule has 0 aliphatic rings. The number of benzene rings is 2. The molecule has 1 atom stereocenters. The Morgan fingerprint density at radius 2 is 1.81 bits per heavy atom. The number of anilines is 1. The maximum absolute atomic E-state index is 12.6. The molecule has 0 saturated carbocycles. The molecule has 0 aliphatic carbocycles. The highest BCUT2D eigenvalue weighted by Crippen LogP contribution is 2.20. The minimum Gasteiger partial charge on any atom is -0.497 e. The smallest absolute Gasteiger partial charge is 0.363 e. The molecule has 1 amide bonds. The zero-order chi connectivity index (χ0) is 22.5. The highest BCUT2D eigenvalue weighted by atomic mass is 35.5. The monoisotopic (exact) mass is 441 g/mol. The van der Waals surface area contributed by atoms with Crippen LogP contribution in [0.2, 0.25) is 5.02 Å². The van der Waals surface area contributed by atoms with Gasteiger partial charge in [-0.1, -0.05) is 23.7 Å². The second kappa shape index (κ2) is 9.44. The van der Waals surface area contributed by atoms with E-state index in [2.05, 4.69) is 10.4 Å². The predicted molar refractivity (Wildman–Crippen MR) is 116 cm³/mol. The van der Waals surface area contributed by atoms with E-state index in [0.29, 0.717) is 27.8 Å². The van der Waals surface area contributed by atoms with Gasteiger partial charge in [-0.3, -0.25) is 9.59 Å². The number of esters is 1. The standard InChI is InChI=1S/C22H20ClN3O5/c1-13-12-19(27)20(25-26(13)18-7-5-4-6-17(18)23)22(29)31-14(2)21(28)24-15-8-10-16(30-3)11-9-15/h4-12,14H,1-3H3,(H,24,28)/t14-/m1/s1. The molecule has 0 aliphatic heterocycles. The molecule has 0 fully saturated rings. The maximum atomic E-state index is 12.6. The summed E-state index contributed by atoms with van der Waals surface area (Å²) >= 11 is 6.21. The third-order valence-corrected chi connectivity index (χ3v) is 4.71. The van der Waals surface area contributed by atoms with Gasteiger partial charge in [0.2, 0.25) is 11.1 Å². The first kappa shape index (κ1) is 22.0. The third kappa shape index (κ3) is 5.10. The largest absolute Gasteiger partial charge is 0.497 e. The lowest BCUT2D eigenvalue weighted by atomic mass is 10.2. The fourth-order valence-electron chi connectivity index (χ4n) is 2.74. The molecule has 3 aromatic rings. The van der Waals surface area contributed by atoms with Crippen molar-refractivity contribution in [3.63, 3.8) is 0 Å². The predicted octanol–water partition coefficient (Wildman–Crippen LogP) is 3.39. The second-order valence-electron chi connectivity index (χ2n) is 6.63. The number of rotatable bonds is 6. The number of amides is 1. The van der Waals surface area contributed by atoms with Gasteiger partial charge in [-0.05, 0) is 50.2 Å². The number of methoxy groups -OCH3 is 1. The third-order valence-electron chi connectivity index (χ3n) is 4.39. The normalized spacial score (nSPS) is 11.5.